The molecular formula is C20H15F3N4O3S. The second-order valence-electron chi connectivity index (χ2n) is 6.17. The van der Waals surface area contributed by atoms with Gasteiger partial charge in [-0.2, -0.15) is 18.3 Å². The Morgan fingerprint density at radius 1 is 1.00 bits per heavy atom. The van der Waals surface area contributed by atoms with Gasteiger partial charge in [-0.05, 0) is 48.5 Å². The molecule has 1 aromatic heterocycles. The van der Waals surface area contributed by atoms with Crippen LogP contribution >= 0.6 is 0 Å². The Labute approximate surface area is 175 Å². The Morgan fingerprint density at radius 2 is 1.77 bits per heavy atom. The summed E-state index contributed by atoms with van der Waals surface area (Å²) in [6, 6.07) is 13.9. The highest BCUT2D eigenvalue weighted by Crippen LogP contribution is 2.31. The zero-order valence-electron chi connectivity index (χ0n) is 15.7. The molecule has 0 fully saturated rings. The smallest absolute Gasteiger partial charge is 0.280 e. The van der Waals surface area contributed by atoms with Crippen molar-refractivity contribution in [3.8, 4) is 0 Å². The number of nitrogens with one attached hydrogen (secondary N) is 2. The van der Waals surface area contributed by atoms with E-state index in [2.05, 4.69) is 20.2 Å². The molecule has 7 nitrogen and oxygen atoms in total. The van der Waals surface area contributed by atoms with Gasteiger partial charge in [0.2, 0.25) is 0 Å². The van der Waals surface area contributed by atoms with Crippen LogP contribution in [0.4, 0.5) is 18.9 Å². The number of anilines is 1. The first kappa shape index (κ1) is 22.0. The van der Waals surface area contributed by atoms with Crippen molar-refractivity contribution in [1.82, 2.24) is 10.4 Å². The maximum absolute atomic E-state index is 12.8. The minimum Gasteiger partial charge on any atom is -0.280 e. The quantitative estimate of drug-likeness (QED) is 0.444. The molecule has 0 saturated heterocycles. The van der Waals surface area contributed by atoms with Crippen molar-refractivity contribution in [3.63, 3.8) is 0 Å². The van der Waals surface area contributed by atoms with Gasteiger partial charge in [0.15, 0.2) is 0 Å². The highest BCUT2D eigenvalue weighted by molar-refractivity contribution is 7.92. The summed E-state index contributed by atoms with van der Waals surface area (Å²) in [6.07, 6.45) is -1.75. The molecule has 0 unspecified atom stereocenters. The standard InChI is InChI=1S/C20H15F3N4O3S/c21-20(22,23)15-6-4-8-16(12-15)27-31(29,30)18-9-3-5-14(11-18)19(28)26-25-13-17-7-1-2-10-24-17/h1-13,27H,(H,26,28)/b25-13+. The van der Waals surface area contributed by atoms with E-state index >= 15 is 0 Å². The third-order valence-corrected chi connectivity index (χ3v) is 5.28. The van der Waals surface area contributed by atoms with Crippen LogP contribution in [-0.2, 0) is 16.2 Å². The second kappa shape index (κ2) is 8.96. The SMILES string of the molecule is O=C(N/N=C/c1ccccn1)c1cccc(S(=O)(=O)Nc2cccc(C(F)(F)F)c2)c1. The molecule has 3 aromatic rings. The minimum atomic E-state index is -4.62. The van der Waals surface area contributed by atoms with Crippen LogP contribution < -0.4 is 10.1 Å². The van der Waals surface area contributed by atoms with Gasteiger partial charge in [0.1, 0.15) is 0 Å². The van der Waals surface area contributed by atoms with Gasteiger partial charge in [0, 0.05) is 17.4 Å². The fraction of sp³-hybridized carbons (Fsp3) is 0.0500. The van der Waals surface area contributed by atoms with Gasteiger partial charge in [-0.15, -0.1) is 0 Å². The van der Waals surface area contributed by atoms with Crippen LogP contribution in [0.1, 0.15) is 21.6 Å². The number of aromatic nitrogens is 1. The van der Waals surface area contributed by atoms with Crippen LogP contribution in [0.3, 0.4) is 0 Å². The first-order chi connectivity index (χ1) is 14.6. The molecule has 3 rings (SSSR count). The first-order valence-corrected chi connectivity index (χ1v) is 10.2. The number of halogens is 3. The van der Waals surface area contributed by atoms with Crippen molar-refractivity contribution in [2.75, 3.05) is 4.72 Å². The third kappa shape index (κ3) is 5.89. The van der Waals surface area contributed by atoms with E-state index in [-0.39, 0.29) is 16.1 Å². The van der Waals surface area contributed by atoms with Crippen molar-refractivity contribution in [1.29, 1.82) is 0 Å². The van der Waals surface area contributed by atoms with E-state index in [1.807, 2.05) is 0 Å². The van der Waals surface area contributed by atoms with E-state index in [9.17, 15) is 26.4 Å². The molecule has 0 bridgehead atoms. The number of hydrogen-bond acceptors (Lipinski definition) is 5. The molecule has 2 N–H and O–H groups in total. The topological polar surface area (TPSA) is 101 Å². The molecule has 0 aliphatic carbocycles. The Balaban J connectivity index is 1.75. The number of benzene rings is 2. The van der Waals surface area contributed by atoms with Crippen LogP contribution in [0.25, 0.3) is 0 Å². The van der Waals surface area contributed by atoms with Crippen LogP contribution in [0.5, 0.6) is 0 Å². The zero-order valence-corrected chi connectivity index (χ0v) is 16.5. The summed E-state index contributed by atoms with van der Waals surface area (Å²) in [5.74, 6) is -0.678. The number of hydrogen-bond donors (Lipinski definition) is 2. The maximum atomic E-state index is 12.8. The van der Waals surface area contributed by atoms with Crippen LogP contribution in [0, 0.1) is 0 Å². The molecule has 11 heteroatoms. The minimum absolute atomic E-state index is 0.00918. The van der Waals surface area contributed by atoms with Crippen LogP contribution in [0.2, 0.25) is 0 Å². The van der Waals surface area contributed by atoms with Gasteiger partial charge in [-0.1, -0.05) is 18.2 Å². The molecule has 2 aromatic carbocycles. The van der Waals surface area contributed by atoms with Crippen LogP contribution in [0.15, 0.2) is 82.9 Å². The van der Waals surface area contributed by atoms with Gasteiger partial charge >= 0.3 is 6.18 Å². The molecule has 0 aliphatic heterocycles. The highest BCUT2D eigenvalue weighted by Gasteiger charge is 2.30. The Morgan fingerprint density at radius 3 is 2.48 bits per heavy atom. The third-order valence-electron chi connectivity index (χ3n) is 3.90. The maximum Gasteiger partial charge on any atom is 0.416 e. The van der Waals surface area contributed by atoms with E-state index in [1.165, 1.54) is 30.5 Å². The molecule has 1 heterocycles. The predicted molar refractivity (Wildman–Crippen MR) is 108 cm³/mol. The fourth-order valence-electron chi connectivity index (χ4n) is 2.45. The summed E-state index contributed by atoms with van der Waals surface area (Å²) in [5, 5.41) is 3.75. The number of alkyl halides is 3. The van der Waals surface area contributed by atoms with Crippen molar-refractivity contribution in [3.05, 3.63) is 89.7 Å². The van der Waals surface area contributed by atoms with Gasteiger partial charge in [-0.25, -0.2) is 13.8 Å². The number of rotatable bonds is 6. The van der Waals surface area contributed by atoms with Crippen molar-refractivity contribution >= 4 is 27.8 Å². The number of hydrazone groups is 1. The lowest BCUT2D eigenvalue weighted by Crippen LogP contribution is -2.19. The van der Waals surface area contributed by atoms with Gasteiger partial charge in [-0.3, -0.25) is 14.5 Å². The lowest BCUT2D eigenvalue weighted by Gasteiger charge is -2.12. The molecule has 0 radical (unpaired) electrons. The van der Waals surface area contributed by atoms with E-state index in [4.69, 9.17) is 0 Å². The average molecular weight is 448 g/mol. The summed E-state index contributed by atoms with van der Waals surface area (Å²) >= 11 is 0. The second-order valence-corrected chi connectivity index (χ2v) is 7.85. The molecule has 31 heavy (non-hydrogen) atoms. The number of carbonyl (C=O) groups is 1. The van der Waals surface area contributed by atoms with Crippen molar-refractivity contribution in [2.45, 2.75) is 11.1 Å². The molecule has 160 valence electrons. The summed E-state index contributed by atoms with van der Waals surface area (Å²) in [7, 11) is -4.24. The molecular weight excluding hydrogens is 433 g/mol. The van der Waals surface area contributed by atoms with Gasteiger partial charge in [0.05, 0.1) is 22.4 Å². The number of amides is 1. The summed E-state index contributed by atoms with van der Waals surface area (Å²) in [5.41, 5.74) is 1.49. The van der Waals surface area contributed by atoms with Gasteiger partial charge in [0.25, 0.3) is 15.9 Å². The Hall–Kier alpha value is -3.73. The molecule has 0 aliphatic rings. The lowest BCUT2D eigenvalue weighted by atomic mass is 10.2. The molecule has 0 atom stereocenters. The Kier molecular flexibility index (Phi) is 6.35. The van der Waals surface area contributed by atoms with Crippen molar-refractivity contribution < 1.29 is 26.4 Å². The average Bonchev–Trinajstić information content (AvgIpc) is 2.74. The fourth-order valence-corrected chi connectivity index (χ4v) is 3.55. The summed E-state index contributed by atoms with van der Waals surface area (Å²) < 4.78 is 65.7. The monoisotopic (exact) mass is 448 g/mol. The molecule has 1 amide bonds. The number of sulfonamides is 1. The predicted octanol–water partition coefficient (Wildman–Crippen LogP) is 3.67. The molecule has 0 saturated carbocycles. The summed E-state index contributed by atoms with van der Waals surface area (Å²) in [4.78, 5) is 15.9. The zero-order chi connectivity index (χ0) is 22.5. The normalized spacial score (nSPS) is 12.0. The lowest BCUT2D eigenvalue weighted by molar-refractivity contribution is -0.137. The van der Waals surface area contributed by atoms with E-state index < -0.39 is 27.7 Å². The van der Waals surface area contributed by atoms with Crippen LogP contribution in [-0.4, -0.2) is 25.5 Å². The Bertz CT molecular complexity index is 1210. The molecule has 0 spiro atoms. The number of nitrogens with zero attached hydrogens (tertiary/aromatic N) is 2. The number of pyridine rings is 1. The van der Waals surface area contributed by atoms with Crippen molar-refractivity contribution in [2.24, 2.45) is 5.10 Å². The summed E-state index contributed by atoms with van der Waals surface area (Å²) in [6.45, 7) is 0. The highest BCUT2D eigenvalue weighted by atomic mass is 32.2. The van der Waals surface area contributed by atoms with Gasteiger partial charge < -0.3 is 0 Å². The van der Waals surface area contributed by atoms with E-state index in [0.29, 0.717) is 11.8 Å². The van der Waals surface area contributed by atoms with E-state index in [1.54, 1.807) is 24.4 Å². The number of carbonyl (C=O) groups excluding carboxylic acids is 1. The van der Waals surface area contributed by atoms with E-state index in [0.717, 1.165) is 18.2 Å². The first-order valence-electron chi connectivity index (χ1n) is 8.70. The largest absolute Gasteiger partial charge is 0.416 e.